The number of aryl methyl sites for hydroxylation is 1. The molecule has 1 N–H and O–H groups in total. The van der Waals surface area contributed by atoms with E-state index in [1.807, 2.05) is 12.1 Å². The van der Waals surface area contributed by atoms with Gasteiger partial charge in [-0.1, -0.05) is 19.1 Å². The van der Waals surface area contributed by atoms with E-state index < -0.39 is 14.6 Å². The van der Waals surface area contributed by atoms with Gasteiger partial charge in [0.1, 0.15) is 0 Å². The van der Waals surface area contributed by atoms with Gasteiger partial charge in [-0.15, -0.1) is 0 Å². The van der Waals surface area contributed by atoms with Gasteiger partial charge in [-0.3, -0.25) is 0 Å². The molecule has 0 unspecified atom stereocenters. The molecular formula is C14H23NO2S. The van der Waals surface area contributed by atoms with Crippen LogP contribution in [0.5, 0.6) is 0 Å². The van der Waals surface area contributed by atoms with E-state index in [0.29, 0.717) is 6.54 Å². The monoisotopic (exact) mass is 269 g/mol. The van der Waals surface area contributed by atoms with Crippen molar-refractivity contribution in [1.29, 1.82) is 0 Å². The van der Waals surface area contributed by atoms with Gasteiger partial charge in [-0.25, -0.2) is 8.42 Å². The van der Waals surface area contributed by atoms with Gasteiger partial charge < -0.3 is 5.32 Å². The van der Waals surface area contributed by atoms with E-state index >= 15 is 0 Å². The number of hydrogen-bond donors (Lipinski definition) is 1. The zero-order valence-corrected chi connectivity index (χ0v) is 12.5. The Labute approximate surface area is 111 Å². The van der Waals surface area contributed by atoms with Crippen molar-refractivity contribution >= 4 is 15.5 Å². The van der Waals surface area contributed by atoms with Crippen LogP contribution in [-0.2, 0) is 16.3 Å². The second kappa shape index (κ2) is 5.74. The summed E-state index contributed by atoms with van der Waals surface area (Å²) in [5.74, 6) is 0.159. The first-order chi connectivity index (χ1) is 8.26. The molecule has 0 atom stereocenters. The first-order valence-electron chi connectivity index (χ1n) is 6.31. The average molecular weight is 269 g/mol. The summed E-state index contributed by atoms with van der Waals surface area (Å²) in [5.41, 5.74) is 2.25. The van der Waals surface area contributed by atoms with Gasteiger partial charge in [-0.05, 0) is 44.9 Å². The number of sulfone groups is 1. The molecule has 0 bridgehead atoms. The second-order valence-electron chi connectivity index (χ2n) is 5.41. The molecule has 4 heteroatoms. The van der Waals surface area contributed by atoms with Crippen LogP contribution in [0.2, 0.25) is 0 Å². The Morgan fingerprint density at radius 2 is 1.67 bits per heavy atom. The minimum absolute atomic E-state index is 0.159. The molecule has 0 aromatic heterocycles. The molecule has 3 nitrogen and oxygen atoms in total. The van der Waals surface area contributed by atoms with Crippen molar-refractivity contribution < 1.29 is 8.42 Å². The summed E-state index contributed by atoms with van der Waals surface area (Å²) in [5, 5.41) is 3.14. The Kier molecular flexibility index (Phi) is 4.79. The van der Waals surface area contributed by atoms with Crippen molar-refractivity contribution in [3.8, 4) is 0 Å². The Hall–Kier alpha value is -1.03. The lowest BCUT2D eigenvalue weighted by atomic mass is 10.1. The van der Waals surface area contributed by atoms with Gasteiger partial charge in [0.15, 0.2) is 9.84 Å². The van der Waals surface area contributed by atoms with Crippen LogP contribution in [0.3, 0.4) is 0 Å². The normalized spacial score (nSPS) is 12.4. The first kappa shape index (κ1) is 15.0. The highest BCUT2D eigenvalue weighted by Crippen LogP contribution is 2.16. The van der Waals surface area contributed by atoms with Gasteiger partial charge in [0.25, 0.3) is 0 Å². The summed E-state index contributed by atoms with van der Waals surface area (Å²) in [6, 6.07) is 8.09. The third kappa shape index (κ3) is 4.02. The van der Waals surface area contributed by atoms with E-state index in [9.17, 15) is 8.42 Å². The summed E-state index contributed by atoms with van der Waals surface area (Å²) in [6.45, 7) is 7.76. The highest BCUT2D eigenvalue weighted by molar-refractivity contribution is 7.92. The Morgan fingerprint density at radius 3 is 2.11 bits per heavy atom. The molecule has 1 aromatic carbocycles. The molecule has 0 fully saturated rings. The number of rotatable bonds is 5. The molecule has 1 rings (SSSR count). The minimum atomic E-state index is -3.04. The van der Waals surface area contributed by atoms with Crippen molar-refractivity contribution in [2.45, 2.75) is 38.9 Å². The molecule has 18 heavy (non-hydrogen) atoms. The van der Waals surface area contributed by atoms with Gasteiger partial charge in [-0.2, -0.15) is 0 Å². The van der Waals surface area contributed by atoms with Crippen LogP contribution >= 0.6 is 0 Å². The highest BCUT2D eigenvalue weighted by atomic mass is 32.2. The fraction of sp³-hybridized carbons (Fsp3) is 0.571. The number of hydrogen-bond acceptors (Lipinski definition) is 3. The van der Waals surface area contributed by atoms with Crippen LogP contribution in [0.15, 0.2) is 24.3 Å². The molecule has 0 spiro atoms. The van der Waals surface area contributed by atoms with Crippen molar-refractivity contribution in [3.63, 3.8) is 0 Å². The van der Waals surface area contributed by atoms with E-state index in [0.717, 1.165) is 12.1 Å². The average Bonchev–Trinajstić information content (AvgIpc) is 2.28. The van der Waals surface area contributed by atoms with Crippen LogP contribution in [0.1, 0.15) is 33.3 Å². The number of benzene rings is 1. The standard InChI is InChI=1S/C14H23NO2S/c1-5-12-6-8-13(9-7-12)15-10-11-18(16,17)14(2,3)4/h6-9,15H,5,10-11H2,1-4H3. The predicted octanol–water partition coefficient (Wildman–Crippen LogP) is 2.87. The fourth-order valence-corrected chi connectivity index (χ4v) is 2.48. The lowest BCUT2D eigenvalue weighted by molar-refractivity contribution is 0.560. The number of nitrogens with one attached hydrogen (secondary N) is 1. The minimum Gasteiger partial charge on any atom is -0.384 e. The van der Waals surface area contributed by atoms with E-state index in [2.05, 4.69) is 24.4 Å². The van der Waals surface area contributed by atoms with Crippen molar-refractivity contribution in [2.24, 2.45) is 0 Å². The van der Waals surface area contributed by atoms with E-state index in [1.54, 1.807) is 20.8 Å². The highest BCUT2D eigenvalue weighted by Gasteiger charge is 2.28. The molecule has 0 saturated heterocycles. The smallest absolute Gasteiger partial charge is 0.156 e. The maximum atomic E-state index is 11.9. The fourth-order valence-electron chi connectivity index (χ4n) is 1.49. The van der Waals surface area contributed by atoms with Crippen LogP contribution < -0.4 is 5.32 Å². The summed E-state index contributed by atoms with van der Waals surface area (Å²) in [7, 11) is -3.04. The van der Waals surface area contributed by atoms with Gasteiger partial charge in [0.2, 0.25) is 0 Å². The molecule has 0 aliphatic carbocycles. The second-order valence-corrected chi connectivity index (χ2v) is 8.27. The molecule has 1 aromatic rings. The summed E-state index contributed by atoms with van der Waals surface area (Å²) < 4.78 is 23.1. The molecular weight excluding hydrogens is 246 g/mol. The summed E-state index contributed by atoms with van der Waals surface area (Å²) in [6.07, 6.45) is 1.01. The Balaban J connectivity index is 2.52. The lowest BCUT2D eigenvalue weighted by Crippen LogP contribution is -2.32. The molecule has 0 radical (unpaired) electrons. The number of anilines is 1. The third-order valence-electron chi connectivity index (χ3n) is 3.00. The van der Waals surface area contributed by atoms with Crippen LogP contribution in [0, 0.1) is 0 Å². The van der Waals surface area contributed by atoms with Crippen LogP contribution in [0.25, 0.3) is 0 Å². The first-order valence-corrected chi connectivity index (χ1v) is 7.96. The van der Waals surface area contributed by atoms with Crippen molar-refractivity contribution in [2.75, 3.05) is 17.6 Å². The van der Waals surface area contributed by atoms with Crippen molar-refractivity contribution in [1.82, 2.24) is 0 Å². The topological polar surface area (TPSA) is 46.2 Å². The van der Waals surface area contributed by atoms with E-state index in [-0.39, 0.29) is 5.75 Å². The zero-order valence-electron chi connectivity index (χ0n) is 11.7. The van der Waals surface area contributed by atoms with Crippen molar-refractivity contribution in [3.05, 3.63) is 29.8 Å². The van der Waals surface area contributed by atoms with Gasteiger partial charge >= 0.3 is 0 Å². The Morgan fingerprint density at radius 1 is 1.11 bits per heavy atom. The lowest BCUT2D eigenvalue weighted by Gasteiger charge is -2.19. The molecule has 0 heterocycles. The van der Waals surface area contributed by atoms with E-state index in [1.165, 1.54) is 5.56 Å². The maximum Gasteiger partial charge on any atom is 0.156 e. The van der Waals surface area contributed by atoms with Crippen LogP contribution in [-0.4, -0.2) is 25.5 Å². The molecule has 0 aliphatic heterocycles. The van der Waals surface area contributed by atoms with Crippen LogP contribution in [0.4, 0.5) is 5.69 Å². The molecule has 0 saturated carbocycles. The summed E-state index contributed by atoms with van der Waals surface area (Å²) in [4.78, 5) is 0. The predicted molar refractivity (Wildman–Crippen MR) is 77.8 cm³/mol. The third-order valence-corrected chi connectivity index (χ3v) is 5.60. The Bertz CT molecular complexity index is 470. The van der Waals surface area contributed by atoms with Gasteiger partial charge in [0, 0.05) is 12.2 Å². The molecule has 0 amide bonds. The zero-order chi connectivity index (χ0) is 13.8. The molecule has 0 aliphatic rings. The van der Waals surface area contributed by atoms with Gasteiger partial charge in [0.05, 0.1) is 10.5 Å². The summed E-state index contributed by atoms with van der Waals surface area (Å²) >= 11 is 0. The largest absolute Gasteiger partial charge is 0.384 e. The molecule has 102 valence electrons. The quantitative estimate of drug-likeness (QED) is 0.894. The SMILES string of the molecule is CCc1ccc(NCCS(=O)(=O)C(C)(C)C)cc1. The van der Waals surface area contributed by atoms with E-state index in [4.69, 9.17) is 0 Å². The maximum absolute atomic E-state index is 11.9.